The quantitative estimate of drug-likeness (QED) is 0.675. The predicted molar refractivity (Wildman–Crippen MR) is 61.6 cm³/mol. The van der Waals surface area contributed by atoms with Crippen molar-refractivity contribution in [1.82, 2.24) is 0 Å². The molecule has 2 unspecified atom stereocenters. The Bertz CT molecular complexity index is 288. The van der Waals surface area contributed by atoms with Crippen molar-refractivity contribution >= 4 is 19.1 Å². The van der Waals surface area contributed by atoms with Gasteiger partial charge in [0.15, 0.2) is 0 Å². The zero-order chi connectivity index (χ0) is 12.9. The fourth-order valence-electron chi connectivity index (χ4n) is 1.50. The minimum absolute atomic E-state index is 0.185. The predicted octanol–water partition coefficient (Wildman–Crippen LogP) is 2.10. The number of hydrogen-bond acceptors (Lipinski definition) is 3. The van der Waals surface area contributed by atoms with E-state index in [-0.39, 0.29) is 6.16 Å². The molecule has 0 heterocycles. The minimum Gasteiger partial charge on any atom is -0.481 e. The van der Waals surface area contributed by atoms with Crippen LogP contribution in [0.25, 0.3) is 0 Å². The van der Waals surface area contributed by atoms with Crippen LogP contribution >= 0.6 is 7.14 Å². The van der Waals surface area contributed by atoms with E-state index >= 15 is 0 Å². The fraction of sp³-hybridized carbons (Fsp3) is 0.800. The maximum Gasteiger partial charge on any atom is 0.313 e. The van der Waals surface area contributed by atoms with E-state index in [2.05, 4.69) is 0 Å². The van der Waals surface area contributed by atoms with Gasteiger partial charge in [-0.2, -0.15) is 0 Å². The largest absolute Gasteiger partial charge is 0.481 e. The third kappa shape index (κ3) is 3.34. The van der Waals surface area contributed by atoms with Gasteiger partial charge in [0.25, 0.3) is 0 Å². The van der Waals surface area contributed by atoms with E-state index in [0.29, 0.717) is 6.42 Å². The van der Waals surface area contributed by atoms with Crippen LogP contribution in [0.1, 0.15) is 33.6 Å². The average molecular weight is 250 g/mol. The van der Waals surface area contributed by atoms with Crippen molar-refractivity contribution in [3.8, 4) is 0 Å². The lowest BCUT2D eigenvalue weighted by Gasteiger charge is -2.25. The van der Waals surface area contributed by atoms with Gasteiger partial charge < -0.3 is 14.8 Å². The summed E-state index contributed by atoms with van der Waals surface area (Å²) in [7, 11) is -3.23. The highest BCUT2D eigenvalue weighted by molar-refractivity contribution is 7.67. The molecule has 0 rings (SSSR count). The lowest BCUT2D eigenvalue weighted by atomic mass is 10.4. The van der Waals surface area contributed by atoms with Crippen molar-refractivity contribution in [3.05, 3.63) is 0 Å². The third-order valence-electron chi connectivity index (χ3n) is 2.89. The van der Waals surface area contributed by atoms with Crippen molar-refractivity contribution in [1.29, 1.82) is 0 Å². The van der Waals surface area contributed by atoms with Crippen LogP contribution in [0.4, 0.5) is 0 Å². The van der Waals surface area contributed by atoms with Gasteiger partial charge in [-0.25, -0.2) is 0 Å². The SMILES string of the molecule is CCCCP(=O)(C(C)C(=O)O)C(C)C(=O)O. The second kappa shape index (κ2) is 6.04. The summed E-state index contributed by atoms with van der Waals surface area (Å²) in [6.45, 7) is 4.55. The molecule has 0 fully saturated rings. The molecule has 0 saturated heterocycles. The Morgan fingerprint density at radius 3 is 1.75 bits per heavy atom. The molecular weight excluding hydrogens is 231 g/mol. The van der Waals surface area contributed by atoms with E-state index in [9.17, 15) is 14.2 Å². The Labute approximate surface area is 95.2 Å². The van der Waals surface area contributed by atoms with E-state index in [0.717, 1.165) is 6.42 Å². The summed E-state index contributed by atoms with van der Waals surface area (Å²) in [6.07, 6.45) is 1.54. The molecule has 0 radical (unpaired) electrons. The summed E-state index contributed by atoms with van der Waals surface area (Å²) in [5, 5.41) is 17.8. The van der Waals surface area contributed by atoms with Crippen LogP contribution in [-0.2, 0) is 14.2 Å². The molecule has 2 N–H and O–H groups in total. The fourth-order valence-corrected chi connectivity index (χ4v) is 4.51. The Balaban J connectivity index is 5.10. The third-order valence-corrected chi connectivity index (χ3v) is 6.97. The summed E-state index contributed by atoms with van der Waals surface area (Å²) in [6, 6.07) is 0. The number of hydrogen-bond donors (Lipinski definition) is 2. The van der Waals surface area contributed by atoms with Gasteiger partial charge >= 0.3 is 11.9 Å². The monoisotopic (exact) mass is 250 g/mol. The van der Waals surface area contributed by atoms with Crippen molar-refractivity contribution < 1.29 is 24.4 Å². The summed E-state index contributed by atoms with van der Waals surface area (Å²) < 4.78 is 12.5. The van der Waals surface area contributed by atoms with Crippen LogP contribution < -0.4 is 0 Å². The summed E-state index contributed by atoms with van der Waals surface area (Å²) in [5.74, 6) is -2.37. The van der Waals surface area contributed by atoms with Crippen LogP contribution in [0.15, 0.2) is 0 Å². The maximum atomic E-state index is 12.5. The topological polar surface area (TPSA) is 91.7 Å². The van der Waals surface area contributed by atoms with Gasteiger partial charge in [-0.1, -0.05) is 13.3 Å². The highest BCUT2D eigenvalue weighted by Crippen LogP contribution is 2.55. The molecule has 0 aliphatic heterocycles. The number of carboxylic acid groups (broad SMARTS) is 2. The van der Waals surface area contributed by atoms with Crippen LogP contribution in [0, 0.1) is 0 Å². The second-order valence-corrected chi connectivity index (χ2v) is 7.66. The van der Waals surface area contributed by atoms with Crippen LogP contribution in [0.2, 0.25) is 0 Å². The van der Waals surface area contributed by atoms with Gasteiger partial charge in [0.2, 0.25) is 0 Å². The molecule has 0 aromatic carbocycles. The number of carboxylic acids is 2. The molecule has 0 aromatic rings. The van der Waals surface area contributed by atoms with Gasteiger partial charge in [-0.05, 0) is 20.3 Å². The Morgan fingerprint density at radius 1 is 1.12 bits per heavy atom. The first-order valence-corrected chi connectivity index (χ1v) is 7.34. The van der Waals surface area contributed by atoms with Crippen LogP contribution in [0.3, 0.4) is 0 Å². The first-order valence-electron chi connectivity index (χ1n) is 5.31. The van der Waals surface area contributed by atoms with E-state index < -0.39 is 30.4 Å². The maximum absolute atomic E-state index is 12.5. The lowest BCUT2D eigenvalue weighted by molar-refractivity contribution is -0.136. The smallest absolute Gasteiger partial charge is 0.313 e. The standard InChI is InChI=1S/C10H19O5P/c1-4-5-6-16(15,7(2)9(11)12)8(3)10(13)14/h7-8H,4-6H2,1-3H3,(H,11,12)(H,13,14). The minimum atomic E-state index is -3.23. The van der Waals surface area contributed by atoms with E-state index in [1.165, 1.54) is 13.8 Å². The molecule has 5 nitrogen and oxygen atoms in total. The molecule has 16 heavy (non-hydrogen) atoms. The summed E-state index contributed by atoms with van der Waals surface area (Å²) >= 11 is 0. The Morgan fingerprint density at radius 2 is 1.50 bits per heavy atom. The molecule has 0 bridgehead atoms. The van der Waals surface area contributed by atoms with Gasteiger partial charge in [0, 0.05) is 6.16 Å². The molecule has 0 aliphatic rings. The van der Waals surface area contributed by atoms with E-state index in [4.69, 9.17) is 10.2 Å². The molecule has 0 spiro atoms. The molecule has 6 heteroatoms. The van der Waals surface area contributed by atoms with Crippen LogP contribution in [0.5, 0.6) is 0 Å². The number of aliphatic carboxylic acids is 2. The van der Waals surface area contributed by atoms with E-state index in [1.807, 2.05) is 6.92 Å². The molecule has 0 saturated carbocycles. The Hall–Kier alpha value is -0.830. The normalized spacial score (nSPS) is 18.4. The number of carbonyl (C=O) groups is 2. The average Bonchev–Trinajstić information content (AvgIpc) is 2.23. The van der Waals surface area contributed by atoms with Gasteiger partial charge in [-0.15, -0.1) is 0 Å². The van der Waals surface area contributed by atoms with Crippen LogP contribution in [-0.4, -0.2) is 39.6 Å². The van der Waals surface area contributed by atoms with Crippen molar-refractivity contribution in [2.75, 3.05) is 6.16 Å². The van der Waals surface area contributed by atoms with Gasteiger partial charge in [0.1, 0.15) is 18.5 Å². The zero-order valence-electron chi connectivity index (χ0n) is 9.84. The molecule has 94 valence electrons. The van der Waals surface area contributed by atoms with Crippen molar-refractivity contribution in [2.45, 2.75) is 44.9 Å². The second-order valence-electron chi connectivity index (χ2n) is 3.96. The first kappa shape index (κ1) is 15.2. The number of rotatable bonds is 7. The highest BCUT2D eigenvalue weighted by atomic mass is 31.2. The first-order chi connectivity index (χ1) is 7.27. The molecule has 0 amide bonds. The van der Waals surface area contributed by atoms with Crippen molar-refractivity contribution in [3.63, 3.8) is 0 Å². The molecule has 2 atom stereocenters. The van der Waals surface area contributed by atoms with Gasteiger partial charge in [0.05, 0.1) is 0 Å². The molecule has 0 aromatic heterocycles. The Kier molecular flexibility index (Phi) is 5.73. The summed E-state index contributed by atoms with van der Waals surface area (Å²) in [4.78, 5) is 21.7. The lowest BCUT2D eigenvalue weighted by Crippen LogP contribution is -2.28. The highest BCUT2D eigenvalue weighted by Gasteiger charge is 2.42. The molecular formula is C10H19O5P. The van der Waals surface area contributed by atoms with E-state index in [1.54, 1.807) is 0 Å². The zero-order valence-corrected chi connectivity index (χ0v) is 10.7. The summed E-state index contributed by atoms with van der Waals surface area (Å²) in [5.41, 5.74) is -2.18. The van der Waals surface area contributed by atoms with Gasteiger partial charge in [-0.3, -0.25) is 9.59 Å². The molecule has 0 aliphatic carbocycles. The van der Waals surface area contributed by atoms with Crippen molar-refractivity contribution in [2.24, 2.45) is 0 Å². The number of unbranched alkanes of at least 4 members (excludes halogenated alkanes) is 1.